The van der Waals surface area contributed by atoms with Crippen molar-refractivity contribution in [2.75, 3.05) is 13.1 Å². The van der Waals surface area contributed by atoms with E-state index in [1.54, 1.807) is 12.1 Å². The second kappa shape index (κ2) is 7.29. The fraction of sp³-hybridized carbons (Fsp3) is 0.421. The number of benzene rings is 1. The van der Waals surface area contributed by atoms with E-state index in [1.165, 1.54) is 6.07 Å². The Morgan fingerprint density at radius 2 is 2.15 bits per heavy atom. The quantitative estimate of drug-likeness (QED) is 0.898. The molecule has 0 bridgehead atoms. The zero-order valence-corrected chi connectivity index (χ0v) is 15.2. The first-order valence-corrected chi connectivity index (χ1v) is 9.30. The van der Waals surface area contributed by atoms with E-state index < -0.39 is 5.82 Å². The monoisotopic (exact) mass is 374 g/mol. The van der Waals surface area contributed by atoms with Crippen LogP contribution in [0.1, 0.15) is 41.9 Å². The lowest BCUT2D eigenvalue weighted by Crippen LogP contribution is -2.36. The number of H-pyrrole nitrogens is 1. The molecule has 2 aromatic rings. The van der Waals surface area contributed by atoms with Crippen molar-refractivity contribution in [1.82, 2.24) is 14.9 Å². The first kappa shape index (κ1) is 17.4. The maximum atomic E-state index is 14.1. The average Bonchev–Trinajstić information content (AvgIpc) is 2.66. The van der Waals surface area contributed by atoms with Gasteiger partial charge in [-0.2, -0.15) is 0 Å². The van der Waals surface area contributed by atoms with Crippen LogP contribution in [-0.2, 0) is 19.5 Å². The number of halogens is 2. The summed E-state index contributed by atoms with van der Waals surface area (Å²) >= 11 is 5.86. The summed E-state index contributed by atoms with van der Waals surface area (Å²) in [6.07, 6.45) is 3.70. The molecule has 7 heteroatoms. The van der Waals surface area contributed by atoms with E-state index in [0.717, 1.165) is 43.8 Å². The number of aromatic nitrogens is 2. The second-order valence-electron chi connectivity index (χ2n) is 6.80. The molecule has 0 fully saturated rings. The Bertz CT molecular complexity index is 924. The molecule has 3 heterocycles. The lowest BCUT2D eigenvalue weighted by atomic mass is 10.0. The van der Waals surface area contributed by atoms with Crippen molar-refractivity contribution in [3.05, 3.63) is 62.0 Å². The number of aromatic amines is 1. The standard InChI is InChI=1S/C19H20ClFN4O/c20-14-5-3-4-12(17(14)21)10-25-9-7-15-13(11-25)19(26)24-18(23-15)16-6-1-2-8-22-16/h3-5H,1-2,6-11H2,(H,23,24,26). The molecule has 0 radical (unpaired) electrons. The summed E-state index contributed by atoms with van der Waals surface area (Å²) in [5, 5.41) is 0.123. The number of aliphatic imine (C=N–C) groups is 1. The molecule has 0 saturated heterocycles. The van der Waals surface area contributed by atoms with Crippen molar-refractivity contribution in [3.63, 3.8) is 0 Å². The fourth-order valence-corrected chi connectivity index (χ4v) is 3.75. The highest BCUT2D eigenvalue weighted by atomic mass is 35.5. The highest BCUT2D eigenvalue weighted by Crippen LogP contribution is 2.22. The van der Waals surface area contributed by atoms with Gasteiger partial charge in [0, 0.05) is 38.2 Å². The van der Waals surface area contributed by atoms with Crippen molar-refractivity contribution in [1.29, 1.82) is 0 Å². The van der Waals surface area contributed by atoms with Crippen LogP contribution in [0.5, 0.6) is 0 Å². The van der Waals surface area contributed by atoms with Gasteiger partial charge in [-0.15, -0.1) is 0 Å². The van der Waals surface area contributed by atoms with Gasteiger partial charge in [-0.1, -0.05) is 23.7 Å². The molecule has 0 amide bonds. The molecule has 5 nitrogen and oxygen atoms in total. The van der Waals surface area contributed by atoms with Crippen LogP contribution in [0.25, 0.3) is 0 Å². The zero-order chi connectivity index (χ0) is 18.1. The Hall–Kier alpha value is -2.05. The van der Waals surface area contributed by atoms with Crippen LogP contribution in [-0.4, -0.2) is 33.7 Å². The van der Waals surface area contributed by atoms with Gasteiger partial charge in [0.15, 0.2) is 5.82 Å². The number of nitrogens with one attached hydrogen (secondary N) is 1. The lowest BCUT2D eigenvalue weighted by molar-refractivity contribution is 0.238. The molecule has 2 aliphatic rings. The maximum absolute atomic E-state index is 14.1. The minimum atomic E-state index is -0.391. The number of hydrogen-bond acceptors (Lipinski definition) is 4. The van der Waals surface area contributed by atoms with Gasteiger partial charge in [-0.3, -0.25) is 14.7 Å². The Labute approximate surface area is 155 Å². The molecule has 1 aromatic carbocycles. The van der Waals surface area contributed by atoms with Gasteiger partial charge in [-0.25, -0.2) is 9.37 Å². The summed E-state index contributed by atoms with van der Waals surface area (Å²) in [6, 6.07) is 5.00. The highest BCUT2D eigenvalue weighted by Gasteiger charge is 2.23. The van der Waals surface area contributed by atoms with Gasteiger partial charge in [0.1, 0.15) is 5.82 Å². The zero-order valence-electron chi connectivity index (χ0n) is 14.4. The van der Waals surface area contributed by atoms with E-state index in [9.17, 15) is 9.18 Å². The van der Waals surface area contributed by atoms with Gasteiger partial charge in [0.25, 0.3) is 5.56 Å². The minimum Gasteiger partial charge on any atom is -0.305 e. The van der Waals surface area contributed by atoms with Gasteiger partial charge >= 0.3 is 0 Å². The van der Waals surface area contributed by atoms with Crippen LogP contribution in [0.2, 0.25) is 5.02 Å². The van der Waals surface area contributed by atoms with Gasteiger partial charge in [0.05, 0.1) is 22.0 Å². The van der Waals surface area contributed by atoms with Crippen LogP contribution in [0.3, 0.4) is 0 Å². The fourth-order valence-electron chi connectivity index (χ4n) is 3.55. The summed E-state index contributed by atoms with van der Waals surface area (Å²) in [6.45, 7) is 2.40. The lowest BCUT2D eigenvalue weighted by Gasteiger charge is -2.28. The molecule has 0 aliphatic carbocycles. The third-order valence-corrected chi connectivity index (χ3v) is 5.26. The van der Waals surface area contributed by atoms with Gasteiger partial charge in [-0.05, 0) is 25.3 Å². The van der Waals surface area contributed by atoms with Crippen LogP contribution in [0.15, 0.2) is 28.0 Å². The van der Waals surface area contributed by atoms with E-state index in [-0.39, 0.29) is 10.6 Å². The summed E-state index contributed by atoms with van der Waals surface area (Å²) in [5.41, 5.74) is 2.83. The van der Waals surface area contributed by atoms with Crippen LogP contribution < -0.4 is 5.56 Å². The van der Waals surface area contributed by atoms with Crippen LogP contribution >= 0.6 is 11.6 Å². The van der Waals surface area contributed by atoms with Crippen LogP contribution in [0, 0.1) is 5.82 Å². The normalized spacial score (nSPS) is 17.7. The largest absolute Gasteiger partial charge is 0.305 e. The molecule has 2 aliphatic heterocycles. The third kappa shape index (κ3) is 3.44. The predicted octanol–water partition coefficient (Wildman–Crippen LogP) is 3.09. The first-order valence-electron chi connectivity index (χ1n) is 8.93. The van der Waals surface area contributed by atoms with Crippen LogP contribution in [0.4, 0.5) is 4.39 Å². The molecule has 0 saturated carbocycles. The Morgan fingerprint density at radius 3 is 2.96 bits per heavy atom. The Kier molecular flexibility index (Phi) is 4.87. The van der Waals surface area contributed by atoms with Gasteiger partial charge < -0.3 is 4.98 Å². The van der Waals surface area contributed by atoms with Crippen molar-refractivity contribution < 1.29 is 4.39 Å². The van der Waals surface area contributed by atoms with Crippen molar-refractivity contribution >= 4 is 17.3 Å². The molecule has 4 rings (SSSR count). The number of fused-ring (bicyclic) bond motifs is 1. The summed E-state index contributed by atoms with van der Waals surface area (Å²) in [4.78, 5) is 26.7. The van der Waals surface area contributed by atoms with E-state index in [2.05, 4.69) is 15.0 Å². The topological polar surface area (TPSA) is 61.4 Å². The molecular formula is C19H20ClFN4O. The highest BCUT2D eigenvalue weighted by molar-refractivity contribution is 6.30. The smallest absolute Gasteiger partial charge is 0.255 e. The molecule has 0 unspecified atom stereocenters. The maximum Gasteiger partial charge on any atom is 0.255 e. The van der Waals surface area contributed by atoms with Crippen molar-refractivity contribution in [2.45, 2.75) is 38.8 Å². The summed E-state index contributed by atoms with van der Waals surface area (Å²) < 4.78 is 14.1. The van der Waals surface area contributed by atoms with E-state index in [0.29, 0.717) is 36.5 Å². The first-order chi connectivity index (χ1) is 12.6. The van der Waals surface area contributed by atoms with E-state index in [1.807, 2.05) is 4.90 Å². The molecule has 1 aromatic heterocycles. The Morgan fingerprint density at radius 1 is 1.27 bits per heavy atom. The molecule has 136 valence electrons. The average molecular weight is 375 g/mol. The molecule has 0 atom stereocenters. The number of rotatable bonds is 3. The summed E-state index contributed by atoms with van der Waals surface area (Å²) in [7, 11) is 0. The van der Waals surface area contributed by atoms with E-state index in [4.69, 9.17) is 11.6 Å². The molecule has 1 N–H and O–H groups in total. The SMILES string of the molecule is O=c1[nH]c(C2=NCCCC2)nc2c1CN(Cc1cccc(Cl)c1F)CC2. The third-order valence-electron chi connectivity index (χ3n) is 4.97. The minimum absolute atomic E-state index is 0.116. The summed E-state index contributed by atoms with van der Waals surface area (Å²) in [5.74, 6) is 0.223. The second-order valence-corrected chi connectivity index (χ2v) is 7.21. The van der Waals surface area contributed by atoms with Gasteiger partial charge in [0.2, 0.25) is 0 Å². The van der Waals surface area contributed by atoms with E-state index >= 15 is 0 Å². The number of nitrogens with zero attached hydrogens (tertiary/aromatic N) is 3. The van der Waals surface area contributed by atoms with Crippen molar-refractivity contribution in [2.24, 2.45) is 4.99 Å². The molecule has 0 spiro atoms. The van der Waals surface area contributed by atoms with Crippen molar-refractivity contribution in [3.8, 4) is 0 Å². The molecule has 26 heavy (non-hydrogen) atoms. The Balaban J connectivity index is 1.56. The molecular weight excluding hydrogens is 355 g/mol. The predicted molar refractivity (Wildman–Crippen MR) is 99.3 cm³/mol. The number of hydrogen-bond donors (Lipinski definition) is 1.